The number of benzene rings is 2. The van der Waals surface area contributed by atoms with Crippen molar-refractivity contribution in [3.63, 3.8) is 0 Å². The van der Waals surface area contributed by atoms with Gasteiger partial charge in [-0.1, -0.05) is 18.2 Å². The first-order chi connectivity index (χ1) is 11.8. The molecule has 0 unspecified atom stereocenters. The van der Waals surface area contributed by atoms with E-state index in [9.17, 15) is 5.11 Å². The zero-order valence-electron chi connectivity index (χ0n) is 13.2. The van der Waals surface area contributed by atoms with Crippen LogP contribution in [0.5, 0.6) is 11.5 Å². The fourth-order valence-electron chi connectivity index (χ4n) is 2.79. The molecule has 1 aliphatic heterocycles. The average Bonchev–Trinajstić information content (AvgIpc) is 2.93. The van der Waals surface area contributed by atoms with Crippen LogP contribution in [0, 0.1) is 0 Å². The van der Waals surface area contributed by atoms with Crippen LogP contribution >= 0.6 is 0 Å². The Kier molecular flexibility index (Phi) is 3.92. The molecule has 4 rings (SSSR count). The van der Waals surface area contributed by atoms with Crippen molar-refractivity contribution in [3.8, 4) is 28.4 Å². The van der Waals surface area contributed by atoms with Gasteiger partial charge in [0.1, 0.15) is 0 Å². The molecule has 3 aromatic rings. The molecule has 24 heavy (non-hydrogen) atoms. The first-order valence-corrected chi connectivity index (χ1v) is 8.00. The Bertz CT molecular complexity index is 843. The maximum Gasteiger partial charge on any atom is 0.161 e. The van der Waals surface area contributed by atoms with Gasteiger partial charge in [0, 0.05) is 23.7 Å². The number of hydrogen-bond acceptors (Lipinski definition) is 4. The Morgan fingerprint density at radius 3 is 2.58 bits per heavy atom. The number of aliphatic hydroxyl groups is 1. The monoisotopic (exact) mass is 322 g/mol. The number of aromatic nitrogens is 2. The molecular formula is C19H18N2O3. The molecule has 0 bridgehead atoms. The zero-order valence-corrected chi connectivity index (χ0v) is 13.2. The third-order valence-corrected chi connectivity index (χ3v) is 4.00. The molecule has 2 heterocycles. The topological polar surface area (TPSA) is 56.5 Å². The van der Waals surface area contributed by atoms with Crippen LogP contribution in [0.25, 0.3) is 16.9 Å². The molecule has 0 aliphatic carbocycles. The van der Waals surface area contributed by atoms with Gasteiger partial charge in [-0.3, -0.25) is 0 Å². The fourth-order valence-corrected chi connectivity index (χ4v) is 2.79. The van der Waals surface area contributed by atoms with E-state index in [2.05, 4.69) is 5.10 Å². The van der Waals surface area contributed by atoms with Crippen molar-refractivity contribution in [2.45, 2.75) is 13.0 Å². The summed E-state index contributed by atoms with van der Waals surface area (Å²) in [5.41, 5.74) is 3.37. The summed E-state index contributed by atoms with van der Waals surface area (Å²) < 4.78 is 13.2. The number of rotatable bonds is 3. The van der Waals surface area contributed by atoms with E-state index in [1.54, 1.807) is 4.68 Å². The van der Waals surface area contributed by atoms with Crippen molar-refractivity contribution in [2.75, 3.05) is 13.2 Å². The molecule has 0 spiro atoms. The van der Waals surface area contributed by atoms with Crippen molar-refractivity contribution in [2.24, 2.45) is 0 Å². The summed E-state index contributed by atoms with van der Waals surface area (Å²) in [4.78, 5) is 0. The van der Waals surface area contributed by atoms with Crippen LogP contribution < -0.4 is 9.47 Å². The molecule has 1 N–H and O–H groups in total. The smallest absolute Gasteiger partial charge is 0.161 e. The van der Waals surface area contributed by atoms with Gasteiger partial charge in [-0.2, -0.15) is 5.10 Å². The maximum absolute atomic E-state index is 9.71. The number of nitrogens with zero attached hydrogens (tertiary/aromatic N) is 2. The normalized spacial score (nSPS) is 13.5. The van der Waals surface area contributed by atoms with Crippen LogP contribution in [0.15, 0.2) is 54.7 Å². The summed E-state index contributed by atoms with van der Waals surface area (Å²) in [5.74, 6) is 1.48. The summed E-state index contributed by atoms with van der Waals surface area (Å²) in [6.07, 6.45) is 2.72. The molecular weight excluding hydrogens is 304 g/mol. The Hall–Kier alpha value is -2.79. The number of fused-ring (bicyclic) bond motifs is 1. The minimum absolute atomic E-state index is 0.0728. The molecule has 0 saturated carbocycles. The molecule has 0 saturated heterocycles. The van der Waals surface area contributed by atoms with Gasteiger partial charge in [-0.25, -0.2) is 4.68 Å². The molecule has 0 amide bonds. The summed E-state index contributed by atoms with van der Waals surface area (Å²) in [5, 5.41) is 14.4. The highest BCUT2D eigenvalue weighted by Gasteiger charge is 2.16. The summed E-state index contributed by atoms with van der Waals surface area (Å²) >= 11 is 0. The van der Waals surface area contributed by atoms with Crippen LogP contribution in [-0.4, -0.2) is 28.1 Å². The molecule has 0 radical (unpaired) electrons. The highest BCUT2D eigenvalue weighted by atomic mass is 16.5. The van der Waals surface area contributed by atoms with E-state index in [1.807, 2.05) is 54.7 Å². The lowest BCUT2D eigenvalue weighted by Crippen LogP contribution is -1.97. The third kappa shape index (κ3) is 2.74. The van der Waals surface area contributed by atoms with E-state index in [1.165, 1.54) is 0 Å². The summed E-state index contributed by atoms with van der Waals surface area (Å²) in [6, 6.07) is 15.6. The minimum atomic E-state index is -0.0728. The molecule has 2 aromatic carbocycles. The lowest BCUT2D eigenvalue weighted by molar-refractivity contribution is 0.282. The third-order valence-electron chi connectivity index (χ3n) is 4.00. The van der Waals surface area contributed by atoms with Crippen molar-refractivity contribution in [3.05, 3.63) is 60.3 Å². The first kappa shape index (κ1) is 14.8. The van der Waals surface area contributed by atoms with Crippen molar-refractivity contribution < 1.29 is 14.6 Å². The fraction of sp³-hybridized carbons (Fsp3) is 0.211. The van der Waals surface area contributed by atoms with E-state index < -0.39 is 0 Å². The molecule has 5 heteroatoms. The van der Waals surface area contributed by atoms with Crippen LogP contribution in [0.4, 0.5) is 0 Å². The van der Waals surface area contributed by atoms with Crippen molar-refractivity contribution in [1.29, 1.82) is 0 Å². The van der Waals surface area contributed by atoms with E-state index in [4.69, 9.17) is 9.47 Å². The van der Waals surface area contributed by atoms with E-state index >= 15 is 0 Å². The predicted octanol–water partition coefficient (Wildman–Crippen LogP) is 3.19. The van der Waals surface area contributed by atoms with E-state index in [0.29, 0.717) is 13.2 Å². The van der Waals surface area contributed by atoms with Crippen LogP contribution in [-0.2, 0) is 6.61 Å². The maximum atomic E-state index is 9.71. The second-order valence-corrected chi connectivity index (χ2v) is 5.65. The quantitative estimate of drug-likeness (QED) is 0.804. The summed E-state index contributed by atoms with van der Waals surface area (Å²) in [6.45, 7) is 1.23. The second-order valence-electron chi connectivity index (χ2n) is 5.65. The zero-order chi connectivity index (χ0) is 16.4. The highest BCUT2D eigenvalue weighted by molar-refractivity contribution is 5.67. The molecule has 5 nitrogen and oxygen atoms in total. The highest BCUT2D eigenvalue weighted by Crippen LogP contribution is 2.35. The molecule has 0 fully saturated rings. The van der Waals surface area contributed by atoms with E-state index in [0.717, 1.165) is 40.4 Å². The van der Waals surface area contributed by atoms with Gasteiger partial charge in [-0.15, -0.1) is 0 Å². The minimum Gasteiger partial charge on any atom is -0.490 e. The first-order valence-electron chi connectivity index (χ1n) is 8.00. The Labute approximate surface area is 140 Å². The summed E-state index contributed by atoms with van der Waals surface area (Å²) in [7, 11) is 0. The van der Waals surface area contributed by atoms with Gasteiger partial charge in [0.25, 0.3) is 0 Å². The van der Waals surface area contributed by atoms with Crippen LogP contribution in [0.1, 0.15) is 12.0 Å². The van der Waals surface area contributed by atoms with Gasteiger partial charge < -0.3 is 14.6 Å². The second kappa shape index (κ2) is 6.37. The Morgan fingerprint density at radius 2 is 1.79 bits per heavy atom. The average molecular weight is 322 g/mol. The molecule has 122 valence electrons. The van der Waals surface area contributed by atoms with Gasteiger partial charge in [0.05, 0.1) is 31.2 Å². The van der Waals surface area contributed by atoms with Gasteiger partial charge in [0.15, 0.2) is 11.5 Å². The van der Waals surface area contributed by atoms with Gasteiger partial charge in [-0.05, 0) is 30.3 Å². The largest absolute Gasteiger partial charge is 0.490 e. The number of para-hydroxylation sites is 1. The lowest BCUT2D eigenvalue weighted by Gasteiger charge is -2.09. The van der Waals surface area contributed by atoms with Gasteiger partial charge in [0.2, 0.25) is 0 Å². The Balaban J connectivity index is 1.76. The number of hydrogen-bond donors (Lipinski definition) is 1. The molecule has 1 aliphatic rings. The molecule has 0 atom stereocenters. The SMILES string of the molecule is OCc1cn(-c2ccccc2)nc1-c1ccc2c(c1)OCCCO2. The number of ether oxygens (including phenoxy) is 2. The van der Waals surface area contributed by atoms with Crippen LogP contribution in [0.3, 0.4) is 0 Å². The predicted molar refractivity (Wildman–Crippen MR) is 90.5 cm³/mol. The van der Waals surface area contributed by atoms with Crippen molar-refractivity contribution in [1.82, 2.24) is 9.78 Å². The number of aliphatic hydroxyl groups excluding tert-OH is 1. The lowest BCUT2D eigenvalue weighted by atomic mass is 10.1. The molecule has 1 aromatic heterocycles. The Morgan fingerprint density at radius 1 is 1.00 bits per heavy atom. The van der Waals surface area contributed by atoms with Crippen LogP contribution in [0.2, 0.25) is 0 Å². The van der Waals surface area contributed by atoms with E-state index in [-0.39, 0.29) is 6.61 Å². The van der Waals surface area contributed by atoms with Gasteiger partial charge >= 0.3 is 0 Å². The standard InChI is InChI=1S/C19H18N2O3/c22-13-15-12-21(16-5-2-1-3-6-16)20-19(15)14-7-8-17-18(11-14)24-10-4-9-23-17/h1-3,5-8,11-12,22H,4,9-10,13H2. The van der Waals surface area contributed by atoms with Crippen molar-refractivity contribution >= 4 is 0 Å².